The average Bonchev–Trinajstić information content (AvgIpc) is 3.56. The summed E-state index contributed by atoms with van der Waals surface area (Å²) in [5, 5.41) is 21.3. The van der Waals surface area contributed by atoms with Crippen molar-refractivity contribution in [2.45, 2.75) is 70.8 Å². The number of phenolic OH excluding ortho intramolecular Hbond substituents is 1. The summed E-state index contributed by atoms with van der Waals surface area (Å²) in [4.78, 5) is 22.9. The van der Waals surface area contributed by atoms with Crippen LogP contribution in [0.5, 0.6) is 34.5 Å². The van der Waals surface area contributed by atoms with Gasteiger partial charge in [-0.2, -0.15) is 0 Å². The largest absolute Gasteiger partial charge is 0.508 e. The number of carboxylic acid groups (broad SMARTS) is 1. The number of benzene rings is 6. The summed E-state index contributed by atoms with van der Waals surface area (Å²) in [6, 6.07) is 34.1. The van der Waals surface area contributed by atoms with Gasteiger partial charge in [0.2, 0.25) is 0 Å². The molecule has 0 saturated heterocycles. The first-order chi connectivity index (χ1) is 31.6. The maximum atomic E-state index is 12.0. The van der Waals surface area contributed by atoms with E-state index in [1.807, 2.05) is 54.6 Å². The molecule has 0 radical (unpaired) electrons. The molecule has 6 aromatic rings. The molecule has 9 rings (SSSR count). The molecule has 2 N–H and O–H groups in total. The van der Waals surface area contributed by atoms with E-state index in [4.69, 9.17) is 33.5 Å². The van der Waals surface area contributed by atoms with Crippen LogP contribution in [0, 0.1) is 10.8 Å². The lowest BCUT2D eigenvalue weighted by Crippen LogP contribution is -2.44. The summed E-state index contributed by atoms with van der Waals surface area (Å²) < 4.78 is 36.7. The summed E-state index contributed by atoms with van der Waals surface area (Å²) in [7, 11) is 4.93. The number of phenols is 1. The number of hydrogen-bond acceptors (Lipinski definition) is 9. The van der Waals surface area contributed by atoms with Gasteiger partial charge in [0.25, 0.3) is 0 Å². The second-order valence-electron chi connectivity index (χ2n) is 19.3. The minimum atomic E-state index is -1.12. The Morgan fingerprint density at radius 1 is 0.667 bits per heavy atom. The van der Waals surface area contributed by atoms with E-state index in [2.05, 4.69) is 76.2 Å². The number of carboxylic acids is 1. The maximum absolute atomic E-state index is 12.0. The van der Waals surface area contributed by atoms with E-state index in [9.17, 15) is 14.7 Å². The summed E-state index contributed by atoms with van der Waals surface area (Å²) in [6.07, 6.45) is 6.99. The quantitative estimate of drug-likeness (QED) is 0.0854. The molecule has 1 fully saturated rings. The predicted octanol–water partition coefficient (Wildman–Crippen LogP) is 11.9. The van der Waals surface area contributed by atoms with Crippen molar-refractivity contribution in [3.05, 3.63) is 137 Å². The van der Waals surface area contributed by atoms with Gasteiger partial charge in [-0.15, -0.1) is 0 Å². The van der Waals surface area contributed by atoms with Gasteiger partial charge < -0.3 is 38.6 Å². The maximum Gasteiger partial charge on any atom is 0.306 e. The Bertz CT molecular complexity index is 2870. The summed E-state index contributed by atoms with van der Waals surface area (Å²) in [6.45, 7) is 9.72. The van der Waals surface area contributed by atoms with Crippen LogP contribution in [-0.2, 0) is 25.3 Å². The highest BCUT2D eigenvalue weighted by Crippen LogP contribution is 2.67. The van der Waals surface area contributed by atoms with Gasteiger partial charge in [0.15, 0.2) is 5.60 Å². The summed E-state index contributed by atoms with van der Waals surface area (Å²) >= 11 is 0. The van der Waals surface area contributed by atoms with E-state index < -0.39 is 17.5 Å². The number of rotatable bonds is 13. The van der Waals surface area contributed by atoms with Crippen LogP contribution in [0.25, 0.3) is 39.1 Å². The molecule has 10 heteroatoms. The van der Waals surface area contributed by atoms with Crippen LogP contribution in [0.15, 0.2) is 109 Å². The van der Waals surface area contributed by atoms with Crippen molar-refractivity contribution >= 4 is 28.8 Å². The zero-order valence-corrected chi connectivity index (χ0v) is 38.6. The highest BCUT2D eigenvalue weighted by atomic mass is 16.6. The van der Waals surface area contributed by atoms with Gasteiger partial charge >= 0.3 is 11.9 Å². The lowest BCUT2D eigenvalue weighted by Gasteiger charge is -2.52. The number of aromatic hydroxyl groups is 1. The highest BCUT2D eigenvalue weighted by Gasteiger charge is 2.55. The molecule has 1 heterocycles. The Morgan fingerprint density at radius 3 is 1.97 bits per heavy atom. The smallest absolute Gasteiger partial charge is 0.306 e. The standard InChI is InChI=1S/C56H56O10/c1-53(2)31-54(3,4)33-55(32-53)45-11-9-8-10-40(45)50-43-29-42(39-21-16-36(57)28-46(39)62-6)47(63-7)30-44(43)52-41(51(50)55)24-25-56(66-52,34-12-17-37(61-5)18-13-34)35-14-19-38(20-15-35)64-26-27-65-49(60)23-22-48(58)59/h8-21,24-25,28-30,57H,22-23,26-27,31-33H2,1-7H3,(H,58,59). The number of methoxy groups -OCH3 is 3. The molecule has 6 aromatic carbocycles. The Kier molecular flexibility index (Phi) is 11.3. The molecular weight excluding hydrogens is 833 g/mol. The van der Waals surface area contributed by atoms with Crippen LogP contribution in [0.1, 0.15) is 87.6 Å². The van der Waals surface area contributed by atoms with E-state index in [-0.39, 0.29) is 48.0 Å². The van der Waals surface area contributed by atoms with E-state index in [0.29, 0.717) is 23.0 Å². The Balaban J connectivity index is 1.26. The molecular formula is C56H56O10. The third-order valence-corrected chi connectivity index (χ3v) is 13.5. The van der Waals surface area contributed by atoms with Gasteiger partial charge in [0.05, 0.1) is 34.2 Å². The highest BCUT2D eigenvalue weighted by molar-refractivity contribution is 6.11. The lowest BCUT2D eigenvalue weighted by molar-refractivity contribution is -0.148. The number of ether oxygens (including phenoxy) is 6. The molecule has 2 aliphatic carbocycles. The van der Waals surface area contributed by atoms with Crippen molar-refractivity contribution in [2.24, 2.45) is 10.8 Å². The fourth-order valence-corrected chi connectivity index (χ4v) is 11.7. The van der Waals surface area contributed by atoms with Crippen molar-refractivity contribution in [2.75, 3.05) is 34.5 Å². The van der Waals surface area contributed by atoms with Crippen LogP contribution >= 0.6 is 0 Å². The number of fused-ring (bicyclic) bond motifs is 10. The third kappa shape index (κ3) is 7.76. The first-order valence-corrected chi connectivity index (χ1v) is 22.4. The zero-order chi connectivity index (χ0) is 46.6. The topological polar surface area (TPSA) is 130 Å². The number of esters is 1. The van der Waals surface area contributed by atoms with Crippen molar-refractivity contribution in [3.8, 4) is 56.8 Å². The molecule has 1 unspecified atom stereocenters. The Hall–Kier alpha value is -6.94. The first-order valence-electron chi connectivity index (χ1n) is 22.4. The molecule has 0 bridgehead atoms. The van der Waals surface area contributed by atoms with Crippen molar-refractivity contribution in [1.29, 1.82) is 0 Å². The van der Waals surface area contributed by atoms with Crippen molar-refractivity contribution in [3.63, 3.8) is 0 Å². The van der Waals surface area contributed by atoms with Crippen molar-refractivity contribution in [1.82, 2.24) is 0 Å². The van der Waals surface area contributed by atoms with Gasteiger partial charge in [0.1, 0.15) is 47.7 Å². The molecule has 66 heavy (non-hydrogen) atoms. The van der Waals surface area contributed by atoms with E-state index >= 15 is 0 Å². The van der Waals surface area contributed by atoms with E-state index in [1.54, 1.807) is 33.5 Å². The fraction of sp³-hybridized carbons (Fsp3) is 0.321. The summed E-state index contributed by atoms with van der Waals surface area (Å²) in [5.41, 5.74) is 8.01. The van der Waals surface area contributed by atoms with Crippen LogP contribution in [0.3, 0.4) is 0 Å². The average molecular weight is 889 g/mol. The number of aliphatic carboxylic acids is 1. The minimum Gasteiger partial charge on any atom is -0.508 e. The van der Waals surface area contributed by atoms with E-state index in [1.165, 1.54) is 22.3 Å². The van der Waals surface area contributed by atoms with Gasteiger partial charge in [-0.1, -0.05) is 82.3 Å². The van der Waals surface area contributed by atoms with Gasteiger partial charge in [-0.05, 0) is 112 Å². The monoisotopic (exact) mass is 888 g/mol. The molecule has 1 saturated carbocycles. The van der Waals surface area contributed by atoms with Crippen LogP contribution in [0.2, 0.25) is 0 Å². The number of carbonyl (C=O) groups excluding carboxylic acids is 1. The number of carbonyl (C=O) groups is 2. The van der Waals surface area contributed by atoms with Gasteiger partial charge in [0, 0.05) is 44.7 Å². The molecule has 0 aromatic heterocycles. The molecule has 0 amide bonds. The van der Waals surface area contributed by atoms with Gasteiger partial charge in [-0.3, -0.25) is 9.59 Å². The second kappa shape index (κ2) is 16.8. The summed E-state index contributed by atoms with van der Waals surface area (Å²) in [5.74, 6) is 1.63. The number of hydrogen-bond donors (Lipinski definition) is 2. The van der Waals surface area contributed by atoms with Crippen LogP contribution < -0.4 is 23.7 Å². The second-order valence-corrected chi connectivity index (χ2v) is 19.3. The van der Waals surface area contributed by atoms with Crippen LogP contribution in [-0.4, -0.2) is 56.7 Å². The van der Waals surface area contributed by atoms with Crippen LogP contribution in [0.4, 0.5) is 0 Å². The molecule has 3 aliphatic rings. The normalized spacial score (nSPS) is 18.1. The third-order valence-electron chi connectivity index (χ3n) is 13.5. The molecule has 340 valence electrons. The lowest BCUT2D eigenvalue weighted by atomic mass is 9.52. The molecule has 1 atom stereocenters. The Labute approximate surface area is 385 Å². The Morgan fingerprint density at radius 2 is 1.32 bits per heavy atom. The SMILES string of the molecule is COc1ccc(C2(c3ccc(OCCOC(=O)CCC(=O)O)cc3)C=Cc3c4c(c5cc(-c6ccc(O)cc6OC)c(OC)cc5c3O2)-c2ccccc2C42CC(C)(C)CC(C)(C)C2)cc1. The fourth-order valence-electron chi connectivity index (χ4n) is 11.7. The van der Waals surface area contributed by atoms with Crippen molar-refractivity contribution < 1.29 is 48.2 Å². The van der Waals surface area contributed by atoms with Gasteiger partial charge in [-0.25, -0.2) is 0 Å². The predicted molar refractivity (Wildman–Crippen MR) is 255 cm³/mol. The zero-order valence-electron chi connectivity index (χ0n) is 38.6. The molecule has 1 aliphatic heterocycles. The minimum absolute atomic E-state index is 0.0134. The molecule has 10 nitrogen and oxygen atoms in total. The van der Waals surface area contributed by atoms with E-state index in [0.717, 1.165) is 63.6 Å². The first kappa shape index (κ1) is 44.3. The molecule has 1 spiro atoms.